The van der Waals surface area contributed by atoms with E-state index >= 15 is 0 Å². The number of benzene rings is 3. The van der Waals surface area contributed by atoms with Gasteiger partial charge in [-0.3, -0.25) is 0 Å². The molecule has 1 aliphatic rings. The zero-order valence-electron chi connectivity index (χ0n) is 18.2. The number of hydrogen-bond acceptors (Lipinski definition) is 3. The lowest BCUT2D eigenvalue weighted by Gasteiger charge is -2.37. The van der Waals surface area contributed by atoms with Crippen LogP contribution in [0.3, 0.4) is 0 Å². The van der Waals surface area contributed by atoms with Crippen molar-refractivity contribution in [3.05, 3.63) is 102 Å². The summed E-state index contributed by atoms with van der Waals surface area (Å²) in [7, 11) is 0. The van der Waals surface area contributed by atoms with Crippen molar-refractivity contribution in [3.63, 3.8) is 0 Å². The van der Waals surface area contributed by atoms with Crippen molar-refractivity contribution in [2.75, 3.05) is 6.54 Å². The maximum atomic E-state index is 11.2. The number of nitrogens with one attached hydrogen (secondary N) is 1. The molecule has 0 radical (unpaired) electrons. The summed E-state index contributed by atoms with van der Waals surface area (Å²) in [5, 5.41) is 14.9. The summed E-state index contributed by atoms with van der Waals surface area (Å²) in [5.41, 5.74) is 2.83. The Morgan fingerprint density at radius 2 is 1.42 bits per heavy atom. The van der Waals surface area contributed by atoms with Crippen LogP contribution >= 0.6 is 0 Å². The lowest BCUT2D eigenvalue weighted by Crippen LogP contribution is -2.40. The van der Waals surface area contributed by atoms with Crippen LogP contribution in [0.2, 0.25) is 0 Å². The van der Waals surface area contributed by atoms with Crippen molar-refractivity contribution < 1.29 is 9.84 Å². The second-order valence-corrected chi connectivity index (χ2v) is 8.65. The van der Waals surface area contributed by atoms with E-state index in [1.165, 1.54) is 5.56 Å². The van der Waals surface area contributed by atoms with E-state index in [0.29, 0.717) is 12.6 Å². The van der Waals surface area contributed by atoms with Crippen molar-refractivity contribution in [1.29, 1.82) is 0 Å². The second kappa shape index (κ2) is 10.6. The van der Waals surface area contributed by atoms with Crippen molar-refractivity contribution >= 4 is 0 Å². The van der Waals surface area contributed by atoms with E-state index in [9.17, 15) is 5.11 Å². The number of rotatable bonds is 9. The predicted molar refractivity (Wildman–Crippen MR) is 126 cm³/mol. The molecule has 1 saturated carbocycles. The number of aryl methyl sites for hydroxylation is 1. The van der Waals surface area contributed by atoms with Crippen LogP contribution in [0.1, 0.15) is 48.8 Å². The quantitative estimate of drug-likeness (QED) is 0.446. The van der Waals surface area contributed by atoms with Gasteiger partial charge < -0.3 is 15.2 Å². The van der Waals surface area contributed by atoms with Crippen molar-refractivity contribution in [2.45, 2.75) is 56.8 Å². The number of aliphatic hydroxyl groups is 1. The average molecular weight is 416 g/mol. The molecule has 0 heterocycles. The molecule has 31 heavy (non-hydrogen) atoms. The molecular formula is C28H33NO2. The van der Waals surface area contributed by atoms with Gasteiger partial charge in [-0.25, -0.2) is 0 Å². The topological polar surface area (TPSA) is 41.5 Å². The molecule has 2 N–H and O–H groups in total. The maximum Gasteiger partial charge on any atom is 0.119 e. The van der Waals surface area contributed by atoms with Gasteiger partial charge in [0.2, 0.25) is 0 Å². The van der Waals surface area contributed by atoms with Gasteiger partial charge in [0.05, 0.1) is 5.60 Å². The Morgan fingerprint density at radius 3 is 2.06 bits per heavy atom. The molecule has 0 atom stereocenters. The standard InChI is InChI=1S/C28H33NO2/c30-28(25-13-15-27(16-14-25)31-22-24-10-5-2-6-11-24)19-17-26(18-20-28)29-21-7-12-23-8-3-1-4-9-23/h1-6,8-11,13-16,26,29-30H,7,12,17-22H2. The highest BCUT2D eigenvalue weighted by Crippen LogP contribution is 2.37. The zero-order chi connectivity index (χ0) is 21.4. The SMILES string of the molecule is OC1(c2ccc(OCc3ccccc3)cc2)CCC(NCCCc2ccccc2)CC1. The van der Waals surface area contributed by atoms with E-state index in [2.05, 4.69) is 47.8 Å². The molecule has 162 valence electrons. The highest BCUT2D eigenvalue weighted by atomic mass is 16.5. The monoisotopic (exact) mass is 415 g/mol. The van der Waals surface area contributed by atoms with Crippen molar-refractivity contribution in [3.8, 4) is 5.75 Å². The first kappa shape index (κ1) is 21.6. The molecule has 0 amide bonds. The van der Waals surface area contributed by atoms with Gasteiger partial charge >= 0.3 is 0 Å². The molecule has 0 aliphatic heterocycles. The summed E-state index contributed by atoms with van der Waals surface area (Å²) in [5.74, 6) is 0.838. The van der Waals surface area contributed by atoms with Gasteiger partial charge in [0, 0.05) is 6.04 Å². The highest BCUT2D eigenvalue weighted by molar-refractivity contribution is 5.31. The van der Waals surface area contributed by atoms with Crippen LogP contribution in [-0.4, -0.2) is 17.7 Å². The van der Waals surface area contributed by atoms with E-state index in [-0.39, 0.29) is 0 Å². The van der Waals surface area contributed by atoms with E-state index in [0.717, 1.165) is 61.9 Å². The fourth-order valence-corrected chi connectivity index (χ4v) is 4.43. The average Bonchev–Trinajstić information content (AvgIpc) is 2.83. The third kappa shape index (κ3) is 6.19. The smallest absolute Gasteiger partial charge is 0.119 e. The third-order valence-corrected chi connectivity index (χ3v) is 6.37. The Bertz CT molecular complexity index is 901. The Labute approximate surface area is 186 Å². The van der Waals surface area contributed by atoms with Gasteiger partial charge in [0.1, 0.15) is 12.4 Å². The van der Waals surface area contributed by atoms with E-state index in [1.54, 1.807) is 0 Å². The molecule has 3 nitrogen and oxygen atoms in total. The largest absolute Gasteiger partial charge is 0.489 e. The predicted octanol–water partition coefficient (Wildman–Crippen LogP) is 5.62. The zero-order valence-corrected chi connectivity index (χ0v) is 18.2. The van der Waals surface area contributed by atoms with Crippen LogP contribution in [0.5, 0.6) is 5.75 Å². The first-order valence-corrected chi connectivity index (χ1v) is 11.5. The first-order chi connectivity index (χ1) is 15.2. The molecule has 4 rings (SSSR count). The number of hydrogen-bond donors (Lipinski definition) is 2. The van der Waals surface area contributed by atoms with Crippen LogP contribution in [0, 0.1) is 0 Å². The van der Waals surface area contributed by atoms with Gasteiger partial charge in [0.25, 0.3) is 0 Å². The first-order valence-electron chi connectivity index (χ1n) is 11.5. The van der Waals surface area contributed by atoms with Gasteiger partial charge in [-0.1, -0.05) is 72.8 Å². The third-order valence-electron chi connectivity index (χ3n) is 6.37. The summed E-state index contributed by atoms with van der Waals surface area (Å²) < 4.78 is 5.88. The number of ether oxygens (including phenoxy) is 1. The maximum absolute atomic E-state index is 11.2. The Morgan fingerprint density at radius 1 is 0.806 bits per heavy atom. The fraction of sp³-hybridized carbons (Fsp3) is 0.357. The Hall–Kier alpha value is -2.62. The molecule has 0 saturated heterocycles. The van der Waals surface area contributed by atoms with E-state index in [1.807, 2.05) is 42.5 Å². The minimum Gasteiger partial charge on any atom is -0.489 e. The van der Waals surface area contributed by atoms with Gasteiger partial charge in [-0.05, 0) is 73.9 Å². The van der Waals surface area contributed by atoms with E-state index < -0.39 is 5.60 Å². The van der Waals surface area contributed by atoms with Crippen molar-refractivity contribution in [2.24, 2.45) is 0 Å². The molecule has 0 aromatic heterocycles. The van der Waals surface area contributed by atoms with Gasteiger partial charge in [-0.2, -0.15) is 0 Å². The summed E-state index contributed by atoms with van der Waals surface area (Å²) in [6.07, 6.45) is 5.88. The molecular weight excluding hydrogens is 382 g/mol. The molecule has 0 bridgehead atoms. The minimum atomic E-state index is -0.722. The molecule has 0 unspecified atom stereocenters. The summed E-state index contributed by atoms with van der Waals surface area (Å²) in [6, 6.07) is 29.3. The molecule has 3 aromatic carbocycles. The fourth-order valence-electron chi connectivity index (χ4n) is 4.43. The normalized spacial score (nSPS) is 21.0. The van der Waals surface area contributed by atoms with Gasteiger partial charge in [-0.15, -0.1) is 0 Å². The molecule has 3 heteroatoms. The Balaban J connectivity index is 1.20. The molecule has 1 aliphatic carbocycles. The summed E-state index contributed by atoms with van der Waals surface area (Å²) in [4.78, 5) is 0. The lowest BCUT2D eigenvalue weighted by molar-refractivity contribution is -0.00832. The van der Waals surface area contributed by atoms with Crippen LogP contribution in [0.15, 0.2) is 84.9 Å². The summed E-state index contributed by atoms with van der Waals surface area (Å²) in [6.45, 7) is 1.59. The Kier molecular flexibility index (Phi) is 7.39. The molecule has 3 aromatic rings. The van der Waals surface area contributed by atoms with E-state index in [4.69, 9.17) is 4.74 Å². The highest BCUT2D eigenvalue weighted by Gasteiger charge is 2.34. The minimum absolute atomic E-state index is 0.504. The molecule has 1 fully saturated rings. The second-order valence-electron chi connectivity index (χ2n) is 8.65. The van der Waals surface area contributed by atoms with Crippen LogP contribution in [0.4, 0.5) is 0 Å². The molecule has 0 spiro atoms. The van der Waals surface area contributed by atoms with Crippen LogP contribution < -0.4 is 10.1 Å². The lowest BCUT2D eigenvalue weighted by atomic mass is 9.77. The van der Waals surface area contributed by atoms with Crippen LogP contribution in [0.25, 0.3) is 0 Å². The van der Waals surface area contributed by atoms with Crippen molar-refractivity contribution in [1.82, 2.24) is 5.32 Å². The summed E-state index contributed by atoms with van der Waals surface area (Å²) >= 11 is 0. The van der Waals surface area contributed by atoms with Crippen LogP contribution in [-0.2, 0) is 18.6 Å². The van der Waals surface area contributed by atoms with Gasteiger partial charge in [0.15, 0.2) is 0 Å².